The summed E-state index contributed by atoms with van der Waals surface area (Å²) in [6.45, 7) is 8.03. The zero-order chi connectivity index (χ0) is 14.2. The minimum absolute atomic E-state index is 0.226. The molecular formula is C16H19NO2. The molecule has 0 aliphatic carbocycles. The molecule has 0 radical (unpaired) electrons. The Balaban J connectivity index is 2.65. The van der Waals surface area contributed by atoms with Crippen molar-refractivity contribution in [2.24, 2.45) is 0 Å². The Bertz CT molecular complexity index is 606. The summed E-state index contributed by atoms with van der Waals surface area (Å²) in [6.07, 6.45) is 0. The fourth-order valence-corrected chi connectivity index (χ4v) is 2.45. The lowest BCUT2D eigenvalue weighted by Crippen LogP contribution is -2.06. The van der Waals surface area contributed by atoms with Crippen molar-refractivity contribution in [2.75, 3.05) is 0 Å². The van der Waals surface area contributed by atoms with Crippen molar-refractivity contribution in [3.63, 3.8) is 0 Å². The summed E-state index contributed by atoms with van der Waals surface area (Å²) in [4.78, 5) is 11.3. The number of carboxylic acid groups (broad SMARTS) is 1. The number of aryl methyl sites for hydroxylation is 1. The molecule has 0 bridgehead atoms. The van der Waals surface area contributed by atoms with E-state index in [1.54, 1.807) is 6.07 Å². The molecule has 1 aromatic carbocycles. The van der Waals surface area contributed by atoms with Crippen LogP contribution < -0.4 is 0 Å². The maximum absolute atomic E-state index is 11.3. The van der Waals surface area contributed by atoms with Crippen molar-refractivity contribution >= 4 is 5.97 Å². The first-order chi connectivity index (χ1) is 8.91. The van der Waals surface area contributed by atoms with Crippen LogP contribution in [0.15, 0.2) is 30.3 Å². The van der Waals surface area contributed by atoms with Crippen LogP contribution in [0.5, 0.6) is 0 Å². The third kappa shape index (κ3) is 2.41. The summed E-state index contributed by atoms with van der Waals surface area (Å²) >= 11 is 0. The van der Waals surface area contributed by atoms with E-state index in [1.165, 1.54) is 5.56 Å². The van der Waals surface area contributed by atoms with Gasteiger partial charge in [-0.1, -0.05) is 29.8 Å². The second-order valence-electron chi connectivity index (χ2n) is 5.16. The topological polar surface area (TPSA) is 42.2 Å². The predicted octanol–water partition coefficient (Wildman–Crippen LogP) is 4.05. The number of aromatic nitrogens is 1. The zero-order valence-electron chi connectivity index (χ0n) is 11.8. The summed E-state index contributed by atoms with van der Waals surface area (Å²) < 4.78 is 2.08. The maximum atomic E-state index is 11.3. The smallest absolute Gasteiger partial charge is 0.337 e. The molecule has 19 heavy (non-hydrogen) atoms. The SMILES string of the molecule is Cc1ccc(-c2cc(C(=O)O)c(C)n2C(C)C)cc1. The standard InChI is InChI=1S/C16H19NO2/c1-10(2)17-12(4)14(16(18)19)9-15(17)13-7-5-11(3)6-8-13/h5-10H,1-4H3,(H,18,19). The first-order valence-electron chi connectivity index (χ1n) is 6.44. The van der Waals surface area contributed by atoms with Crippen LogP contribution in [-0.4, -0.2) is 15.6 Å². The lowest BCUT2D eigenvalue weighted by atomic mass is 10.1. The van der Waals surface area contributed by atoms with Gasteiger partial charge in [-0.2, -0.15) is 0 Å². The quantitative estimate of drug-likeness (QED) is 0.901. The van der Waals surface area contributed by atoms with Gasteiger partial charge in [-0.15, -0.1) is 0 Å². The van der Waals surface area contributed by atoms with Crippen LogP contribution in [0.2, 0.25) is 0 Å². The first-order valence-corrected chi connectivity index (χ1v) is 6.44. The van der Waals surface area contributed by atoms with E-state index in [0.717, 1.165) is 17.0 Å². The Hall–Kier alpha value is -2.03. The molecule has 0 unspecified atom stereocenters. The largest absolute Gasteiger partial charge is 0.478 e. The van der Waals surface area contributed by atoms with Crippen molar-refractivity contribution in [2.45, 2.75) is 33.7 Å². The highest BCUT2D eigenvalue weighted by Gasteiger charge is 2.19. The molecule has 3 nitrogen and oxygen atoms in total. The number of carboxylic acids is 1. The highest BCUT2D eigenvalue weighted by atomic mass is 16.4. The molecule has 0 saturated heterocycles. The Kier molecular flexibility index (Phi) is 3.47. The van der Waals surface area contributed by atoms with Gasteiger partial charge in [-0.25, -0.2) is 4.79 Å². The number of aromatic carboxylic acids is 1. The minimum atomic E-state index is -0.870. The van der Waals surface area contributed by atoms with Crippen LogP contribution in [0.4, 0.5) is 0 Å². The minimum Gasteiger partial charge on any atom is -0.478 e. The van der Waals surface area contributed by atoms with Crippen molar-refractivity contribution in [1.29, 1.82) is 0 Å². The van der Waals surface area contributed by atoms with E-state index in [4.69, 9.17) is 0 Å². The van der Waals surface area contributed by atoms with Crippen molar-refractivity contribution in [1.82, 2.24) is 4.57 Å². The molecule has 2 rings (SSSR count). The van der Waals surface area contributed by atoms with Crippen LogP contribution in [0.3, 0.4) is 0 Å². The van der Waals surface area contributed by atoms with Crippen LogP contribution in [0, 0.1) is 13.8 Å². The molecule has 0 fully saturated rings. The van der Waals surface area contributed by atoms with E-state index < -0.39 is 5.97 Å². The molecular weight excluding hydrogens is 238 g/mol. The van der Waals surface area contributed by atoms with Crippen LogP contribution in [0.1, 0.15) is 41.5 Å². The monoisotopic (exact) mass is 257 g/mol. The number of benzene rings is 1. The Labute approximate surface area is 113 Å². The number of nitrogens with zero attached hydrogens (tertiary/aromatic N) is 1. The highest BCUT2D eigenvalue weighted by molar-refractivity contribution is 5.91. The second-order valence-corrected chi connectivity index (χ2v) is 5.16. The van der Waals surface area contributed by atoms with Crippen molar-refractivity contribution < 1.29 is 9.90 Å². The molecule has 100 valence electrons. The van der Waals surface area contributed by atoms with Crippen LogP contribution in [0.25, 0.3) is 11.3 Å². The zero-order valence-corrected chi connectivity index (χ0v) is 11.8. The van der Waals surface area contributed by atoms with Gasteiger partial charge in [0.1, 0.15) is 0 Å². The van der Waals surface area contributed by atoms with Gasteiger partial charge < -0.3 is 9.67 Å². The van der Waals surface area contributed by atoms with Gasteiger partial charge in [-0.05, 0) is 39.3 Å². The number of hydrogen-bond donors (Lipinski definition) is 1. The summed E-state index contributed by atoms with van der Waals surface area (Å²) in [5.41, 5.74) is 4.39. The van der Waals surface area contributed by atoms with Gasteiger partial charge >= 0.3 is 5.97 Å². The Morgan fingerprint density at radius 2 is 1.74 bits per heavy atom. The summed E-state index contributed by atoms with van der Waals surface area (Å²) in [6, 6.07) is 10.2. The van der Waals surface area contributed by atoms with E-state index in [1.807, 2.05) is 38.1 Å². The lowest BCUT2D eigenvalue weighted by molar-refractivity contribution is 0.0696. The molecule has 0 amide bonds. The number of carbonyl (C=O) groups is 1. The molecule has 1 heterocycles. The molecule has 1 N–H and O–H groups in total. The van der Waals surface area contributed by atoms with E-state index in [0.29, 0.717) is 5.56 Å². The van der Waals surface area contributed by atoms with Crippen molar-refractivity contribution in [3.05, 3.63) is 47.2 Å². The molecule has 2 aromatic rings. The molecule has 3 heteroatoms. The third-order valence-electron chi connectivity index (χ3n) is 3.39. The van der Waals surface area contributed by atoms with Crippen LogP contribution in [-0.2, 0) is 0 Å². The maximum Gasteiger partial charge on any atom is 0.337 e. The molecule has 0 aliphatic rings. The summed E-state index contributed by atoms with van der Waals surface area (Å²) in [5.74, 6) is -0.870. The van der Waals surface area contributed by atoms with Gasteiger partial charge in [0.25, 0.3) is 0 Å². The number of hydrogen-bond acceptors (Lipinski definition) is 1. The summed E-state index contributed by atoms with van der Waals surface area (Å²) in [7, 11) is 0. The van der Waals surface area contributed by atoms with Gasteiger partial charge in [0.05, 0.1) is 5.56 Å². The average Bonchev–Trinajstić information content (AvgIpc) is 2.68. The fourth-order valence-electron chi connectivity index (χ4n) is 2.45. The highest BCUT2D eigenvalue weighted by Crippen LogP contribution is 2.29. The van der Waals surface area contributed by atoms with E-state index >= 15 is 0 Å². The number of rotatable bonds is 3. The van der Waals surface area contributed by atoms with E-state index in [2.05, 4.69) is 18.4 Å². The summed E-state index contributed by atoms with van der Waals surface area (Å²) in [5, 5.41) is 9.26. The van der Waals surface area contributed by atoms with Gasteiger partial charge in [0.2, 0.25) is 0 Å². The fraction of sp³-hybridized carbons (Fsp3) is 0.312. The third-order valence-corrected chi connectivity index (χ3v) is 3.39. The predicted molar refractivity (Wildman–Crippen MR) is 76.7 cm³/mol. The van der Waals surface area contributed by atoms with E-state index in [9.17, 15) is 9.90 Å². The first kappa shape index (κ1) is 13.4. The molecule has 0 aliphatic heterocycles. The van der Waals surface area contributed by atoms with Crippen LogP contribution >= 0.6 is 0 Å². The van der Waals surface area contributed by atoms with Gasteiger partial charge in [-0.3, -0.25) is 0 Å². The van der Waals surface area contributed by atoms with Gasteiger partial charge in [0, 0.05) is 17.4 Å². The Morgan fingerprint density at radius 1 is 1.16 bits per heavy atom. The van der Waals surface area contributed by atoms with Gasteiger partial charge in [0.15, 0.2) is 0 Å². The average molecular weight is 257 g/mol. The van der Waals surface area contributed by atoms with Crippen molar-refractivity contribution in [3.8, 4) is 11.3 Å². The lowest BCUT2D eigenvalue weighted by Gasteiger charge is -2.16. The van der Waals surface area contributed by atoms with E-state index in [-0.39, 0.29) is 6.04 Å². The molecule has 0 atom stereocenters. The second kappa shape index (κ2) is 4.92. The molecule has 1 aromatic heterocycles. The molecule has 0 saturated carbocycles. The normalized spacial score (nSPS) is 11.0. The molecule has 0 spiro atoms. The Morgan fingerprint density at radius 3 is 2.21 bits per heavy atom.